The second kappa shape index (κ2) is 5.78. The highest BCUT2D eigenvalue weighted by Crippen LogP contribution is 2.04. The number of anilines is 1. The Bertz CT molecular complexity index is 510. The fraction of sp³-hybridized carbons (Fsp3) is 0.182. The van der Waals surface area contributed by atoms with Crippen molar-refractivity contribution in [2.45, 2.75) is 6.42 Å². The van der Waals surface area contributed by atoms with Crippen molar-refractivity contribution >= 4 is 11.7 Å². The molecule has 2 aromatic heterocycles. The van der Waals surface area contributed by atoms with E-state index >= 15 is 0 Å². The number of hydrogen-bond donors (Lipinski definition) is 4. The van der Waals surface area contributed by atoms with Gasteiger partial charge in [0.05, 0.1) is 0 Å². The van der Waals surface area contributed by atoms with Gasteiger partial charge in [-0.05, 0) is 12.1 Å². The zero-order chi connectivity index (χ0) is 12.8. The summed E-state index contributed by atoms with van der Waals surface area (Å²) in [6, 6.07) is 3.21. The molecule has 0 atom stereocenters. The Hall–Kier alpha value is -2.41. The summed E-state index contributed by atoms with van der Waals surface area (Å²) in [4.78, 5) is 22.8. The highest BCUT2D eigenvalue weighted by Gasteiger charge is 2.06. The van der Waals surface area contributed by atoms with E-state index in [2.05, 4.69) is 25.7 Å². The summed E-state index contributed by atoms with van der Waals surface area (Å²) >= 11 is 0. The van der Waals surface area contributed by atoms with Gasteiger partial charge in [-0.3, -0.25) is 4.79 Å². The van der Waals surface area contributed by atoms with Gasteiger partial charge in [0.25, 0.3) is 5.91 Å². The monoisotopic (exact) mass is 246 g/mol. The standard InChI is InChI=1S/C11H14N6O/c12-17-10-7-8(1-3-13-10)11(18)16-4-2-9-14-5-6-15-9/h1,3,5-7H,2,4,12H2,(H,13,17)(H,14,15)(H,16,18). The number of nitrogens with two attached hydrogens (primary N) is 1. The van der Waals surface area contributed by atoms with Crippen LogP contribution in [0.15, 0.2) is 30.7 Å². The summed E-state index contributed by atoms with van der Waals surface area (Å²) < 4.78 is 0. The van der Waals surface area contributed by atoms with Gasteiger partial charge >= 0.3 is 0 Å². The third-order valence-corrected chi connectivity index (χ3v) is 2.37. The molecule has 1 amide bonds. The van der Waals surface area contributed by atoms with Crippen LogP contribution in [0.3, 0.4) is 0 Å². The number of amides is 1. The minimum Gasteiger partial charge on any atom is -0.352 e. The second-order valence-electron chi connectivity index (χ2n) is 3.62. The SMILES string of the molecule is NNc1cc(C(=O)NCCc2ncc[nH]2)ccn1. The maximum absolute atomic E-state index is 11.8. The lowest BCUT2D eigenvalue weighted by atomic mass is 10.2. The Morgan fingerprint density at radius 1 is 1.39 bits per heavy atom. The first-order valence-electron chi connectivity index (χ1n) is 5.48. The van der Waals surface area contributed by atoms with Gasteiger partial charge < -0.3 is 15.7 Å². The van der Waals surface area contributed by atoms with Gasteiger partial charge in [-0.15, -0.1) is 0 Å². The van der Waals surface area contributed by atoms with Gasteiger partial charge in [-0.1, -0.05) is 0 Å². The van der Waals surface area contributed by atoms with Crippen molar-refractivity contribution in [3.63, 3.8) is 0 Å². The highest BCUT2D eigenvalue weighted by molar-refractivity contribution is 5.94. The van der Waals surface area contributed by atoms with Gasteiger partial charge in [-0.25, -0.2) is 15.8 Å². The molecule has 5 N–H and O–H groups in total. The Balaban J connectivity index is 1.87. The molecule has 0 aliphatic rings. The predicted octanol–water partition coefficient (Wildman–Crippen LogP) is 0.0628. The Labute approximate surface area is 104 Å². The molecule has 0 aromatic carbocycles. The summed E-state index contributed by atoms with van der Waals surface area (Å²) in [5.41, 5.74) is 2.91. The van der Waals surface area contributed by atoms with Crippen LogP contribution in [0.25, 0.3) is 0 Å². The largest absolute Gasteiger partial charge is 0.352 e. The number of carbonyl (C=O) groups excluding carboxylic acids is 1. The summed E-state index contributed by atoms with van der Waals surface area (Å²) in [6.07, 6.45) is 5.61. The van der Waals surface area contributed by atoms with Crippen LogP contribution in [-0.2, 0) is 6.42 Å². The van der Waals surface area contributed by atoms with Crippen LogP contribution in [0.1, 0.15) is 16.2 Å². The second-order valence-corrected chi connectivity index (χ2v) is 3.62. The summed E-state index contributed by atoms with van der Waals surface area (Å²) in [5.74, 6) is 6.35. The van der Waals surface area contributed by atoms with Crippen LogP contribution >= 0.6 is 0 Å². The number of nitrogen functional groups attached to an aromatic ring is 1. The fourth-order valence-corrected chi connectivity index (χ4v) is 1.48. The first kappa shape index (κ1) is 12.1. The summed E-state index contributed by atoms with van der Waals surface area (Å²) in [7, 11) is 0. The predicted molar refractivity (Wildman–Crippen MR) is 66.7 cm³/mol. The maximum atomic E-state index is 11.8. The Morgan fingerprint density at radius 2 is 2.28 bits per heavy atom. The smallest absolute Gasteiger partial charge is 0.251 e. The van der Waals surface area contributed by atoms with Crippen LogP contribution in [0.2, 0.25) is 0 Å². The van der Waals surface area contributed by atoms with Crippen molar-refractivity contribution in [3.05, 3.63) is 42.1 Å². The molecular formula is C11H14N6O. The zero-order valence-electron chi connectivity index (χ0n) is 9.68. The van der Waals surface area contributed by atoms with Crippen molar-refractivity contribution in [2.24, 2.45) is 5.84 Å². The molecule has 18 heavy (non-hydrogen) atoms. The molecule has 0 unspecified atom stereocenters. The van der Waals surface area contributed by atoms with Crippen LogP contribution in [0.5, 0.6) is 0 Å². The van der Waals surface area contributed by atoms with Crippen molar-refractivity contribution in [2.75, 3.05) is 12.0 Å². The number of rotatable bonds is 5. The van der Waals surface area contributed by atoms with Gasteiger partial charge in [0.15, 0.2) is 0 Å². The van der Waals surface area contributed by atoms with Gasteiger partial charge in [0.1, 0.15) is 11.6 Å². The van der Waals surface area contributed by atoms with E-state index in [-0.39, 0.29) is 5.91 Å². The number of pyridine rings is 1. The van der Waals surface area contributed by atoms with Crippen molar-refractivity contribution in [3.8, 4) is 0 Å². The molecule has 0 spiro atoms. The zero-order valence-corrected chi connectivity index (χ0v) is 9.68. The van der Waals surface area contributed by atoms with Crippen LogP contribution < -0.4 is 16.6 Å². The molecule has 0 fully saturated rings. The first-order chi connectivity index (χ1) is 8.79. The number of carbonyl (C=O) groups is 1. The van der Waals surface area contributed by atoms with E-state index in [0.29, 0.717) is 24.3 Å². The third-order valence-electron chi connectivity index (χ3n) is 2.37. The molecule has 94 valence electrons. The quantitative estimate of drug-likeness (QED) is 0.441. The van der Waals surface area contributed by atoms with Crippen molar-refractivity contribution < 1.29 is 4.79 Å². The number of nitrogens with zero attached hydrogens (tertiary/aromatic N) is 2. The van der Waals surface area contributed by atoms with E-state index in [1.54, 1.807) is 24.5 Å². The molecule has 0 bridgehead atoms. The average molecular weight is 246 g/mol. The molecule has 7 nitrogen and oxygen atoms in total. The first-order valence-corrected chi connectivity index (χ1v) is 5.48. The summed E-state index contributed by atoms with van der Waals surface area (Å²) in [5, 5.41) is 2.79. The molecule has 2 heterocycles. The number of hydrazine groups is 1. The van der Waals surface area contributed by atoms with E-state index in [1.807, 2.05) is 0 Å². The van der Waals surface area contributed by atoms with E-state index in [0.717, 1.165) is 5.82 Å². The summed E-state index contributed by atoms with van der Waals surface area (Å²) in [6.45, 7) is 0.514. The lowest BCUT2D eigenvalue weighted by molar-refractivity contribution is 0.0954. The molecule has 2 aromatic rings. The molecule has 0 saturated heterocycles. The molecular weight excluding hydrogens is 232 g/mol. The van der Waals surface area contributed by atoms with E-state index in [9.17, 15) is 4.79 Å². The number of H-pyrrole nitrogens is 1. The third kappa shape index (κ3) is 3.05. The molecule has 0 radical (unpaired) electrons. The Morgan fingerprint density at radius 3 is 3.00 bits per heavy atom. The number of imidazole rings is 1. The lowest BCUT2D eigenvalue weighted by Gasteiger charge is -2.05. The van der Waals surface area contributed by atoms with Crippen LogP contribution in [0.4, 0.5) is 5.82 Å². The number of aromatic amines is 1. The molecule has 7 heteroatoms. The molecule has 0 aliphatic carbocycles. The topological polar surface area (TPSA) is 109 Å². The van der Waals surface area contributed by atoms with Gasteiger partial charge in [0.2, 0.25) is 0 Å². The minimum atomic E-state index is -0.166. The van der Waals surface area contributed by atoms with Crippen LogP contribution in [-0.4, -0.2) is 27.4 Å². The van der Waals surface area contributed by atoms with E-state index in [1.165, 1.54) is 6.20 Å². The molecule has 2 rings (SSSR count). The van der Waals surface area contributed by atoms with Gasteiger partial charge in [0, 0.05) is 37.1 Å². The lowest BCUT2D eigenvalue weighted by Crippen LogP contribution is -2.26. The normalized spacial score (nSPS) is 10.1. The van der Waals surface area contributed by atoms with Crippen molar-refractivity contribution in [1.82, 2.24) is 20.3 Å². The molecule has 0 aliphatic heterocycles. The van der Waals surface area contributed by atoms with Crippen LogP contribution in [0, 0.1) is 0 Å². The minimum absolute atomic E-state index is 0.166. The fourth-order valence-electron chi connectivity index (χ4n) is 1.48. The highest BCUT2D eigenvalue weighted by atomic mass is 16.1. The average Bonchev–Trinajstić information content (AvgIpc) is 2.92. The number of hydrogen-bond acceptors (Lipinski definition) is 5. The molecule has 0 saturated carbocycles. The van der Waals surface area contributed by atoms with E-state index < -0.39 is 0 Å². The Kier molecular flexibility index (Phi) is 3.87. The number of nitrogens with one attached hydrogen (secondary N) is 3. The van der Waals surface area contributed by atoms with E-state index in [4.69, 9.17) is 5.84 Å². The van der Waals surface area contributed by atoms with Crippen molar-refractivity contribution in [1.29, 1.82) is 0 Å². The van der Waals surface area contributed by atoms with Gasteiger partial charge in [-0.2, -0.15) is 0 Å². The maximum Gasteiger partial charge on any atom is 0.251 e. The number of aromatic nitrogens is 3.